The molecule has 3 atom stereocenters. The molecule has 2 saturated heterocycles. The summed E-state index contributed by atoms with van der Waals surface area (Å²) in [6, 6.07) is 2.18. The van der Waals surface area contributed by atoms with E-state index in [1.54, 1.807) is 6.07 Å². The summed E-state index contributed by atoms with van der Waals surface area (Å²) < 4.78 is 0. The fourth-order valence-corrected chi connectivity index (χ4v) is 3.49. The van der Waals surface area contributed by atoms with Gasteiger partial charge in [0, 0.05) is 25.2 Å². The lowest BCUT2D eigenvalue weighted by Crippen LogP contribution is -2.42. The minimum absolute atomic E-state index is 0.00694. The quantitative estimate of drug-likeness (QED) is 0.832. The van der Waals surface area contributed by atoms with Crippen LogP contribution in [-0.4, -0.2) is 41.0 Å². The highest BCUT2D eigenvalue weighted by atomic mass is 35.5. The Balaban J connectivity index is 1.87. The minimum Gasteiger partial charge on any atom is -0.340 e. The van der Waals surface area contributed by atoms with E-state index < -0.39 is 0 Å². The van der Waals surface area contributed by atoms with Gasteiger partial charge in [0.25, 0.3) is 5.91 Å². The van der Waals surface area contributed by atoms with Gasteiger partial charge in [-0.25, -0.2) is 0 Å². The summed E-state index contributed by atoms with van der Waals surface area (Å²) in [5.41, 5.74) is 0.476. The molecule has 2 fully saturated rings. The zero-order valence-corrected chi connectivity index (χ0v) is 11.6. The van der Waals surface area contributed by atoms with Crippen molar-refractivity contribution in [3.63, 3.8) is 0 Å². The number of likely N-dealkylation sites (tertiary alicyclic amines) is 1. The lowest BCUT2D eigenvalue weighted by Gasteiger charge is -2.27. The second kappa shape index (κ2) is 4.44. The molecule has 0 aliphatic carbocycles. The van der Waals surface area contributed by atoms with Crippen molar-refractivity contribution in [1.29, 1.82) is 0 Å². The molecule has 18 heavy (non-hydrogen) atoms. The van der Waals surface area contributed by atoms with Crippen LogP contribution in [0.15, 0.2) is 6.07 Å². The summed E-state index contributed by atoms with van der Waals surface area (Å²) in [6.45, 7) is 3.98. The fourth-order valence-electron chi connectivity index (χ4n) is 3.17. The Hall–Kier alpha value is -0.710. The van der Waals surface area contributed by atoms with Crippen LogP contribution in [0.5, 0.6) is 0 Å². The summed E-state index contributed by atoms with van der Waals surface area (Å²) in [7, 11) is 0. The van der Waals surface area contributed by atoms with E-state index in [1.165, 1.54) is 0 Å². The molecular weight excluding hydrogens is 273 g/mol. The molecular formula is C12H15Cl2N3O. The molecule has 3 unspecified atom stereocenters. The third-order valence-electron chi connectivity index (χ3n) is 3.97. The van der Waals surface area contributed by atoms with Crippen LogP contribution in [0.1, 0.15) is 23.8 Å². The van der Waals surface area contributed by atoms with Crippen molar-refractivity contribution in [3.8, 4) is 0 Å². The number of carbonyl (C=O) groups excluding carboxylic acids is 1. The first-order valence-corrected chi connectivity index (χ1v) is 6.91. The standard InChI is InChI=1S/C12H15Cl2N3O/c1-6-2-7-4-15-5-10(7)17(6)12(18)9-3-8(13)11(14)16-9/h3,6-7,10,15-16H,2,4-5H2,1H3. The van der Waals surface area contributed by atoms with Crippen LogP contribution in [0.2, 0.25) is 10.2 Å². The third kappa shape index (κ3) is 1.83. The van der Waals surface area contributed by atoms with Crippen LogP contribution < -0.4 is 5.32 Å². The summed E-state index contributed by atoms with van der Waals surface area (Å²) >= 11 is 11.7. The Bertz CT molecular complexity index is 468. The van der Waals surface area contributed by atoms with Crippen LogP contribution in [0, 0.1) is 5.92 Å². The minimum atomic E-state index is -0.00694. The largest absolute Gasteiger partial charge is 0.340 e. The number of nitrogens with one attached hydrogen (secondary N) is 2. The number of rotatable bonds is 1. The number of hydrogen-bond donors (Lipinski definition) is 2. The van der Waals surface area contributed by atoms with Gasteiger partial charge in [-0.05, 0) is 25.3 Å². The van der Waals surface area contributed by atoms with Crippen molar-refractivity contribution in [1.82, 2.24) is 15.2 Å². The first-order valence-electron chi connectivity index (χ1n) is 6.15. The lowest BCUT2D eigenvalue weighted by molar-refractivity contribution is 0.0677. The fraction of sp³-hybridized carbons (Fsp3) is 0.583. The molecule has 0 spiro atoms. The van der Waals surface area contributed by atoms with Gasteiger partial charge < -0.3 is 15.2 Å². The number of fused-ring (bicyclic) bond motifs is 1. The van der Waals surface area contributed by atoms with Gasteiger partial charge in [0.15, 0.2) is 0 Å². The van der Waals surface area contributed by atoms with Crippen molar-refractivity contribution in [3.05, 3.63) is 21.9 Å². The summed E-state index contributed by atoms with van der Waals surface area (Å²) in [5.74, 6) is 0.567. The molecule has 1 amide bonds. The van der Waals surface area contributed by atoms with Gasteiger partial charge >= 0.3 is 0 Å². The number of aromatic nitrogens is 1. The third-order valence-corrected chi connectivity index (χ3v) is 4.66. The molecule has 1 aromatic rings. The monoisotopic (exact) mass is 287 g/mol. The highest BCUT2D eigenvalue weighted by Gasteiger charge is 2.44. The van der Waals surface area contributed by atoms with Crippen molar-refractivity contribution in [2.75, 3.05) is 13.1 Å². The SMILES string of the molecule is CC1CC2CNCC2N1C(=O)c1cc(Cl)c(Cl)[nH]1. The van der Waals surface area contributed by atoms with Gasteiger partial charge in [0.05, 0.1) is 5.02 Å². The number of nitrogens with zero attached hydrogens (tertiary/aromatic N) is 1. The second-order valence-corrected chi connectivity index (χ2v) is 5.91. The Morgan fingerprint density at radius 1 is 1.44 bits per heavy atom. The maximum atomic E-state index is 12.5. The molecule has 0 bridgehead atoms. The van der Waals surface area contributed by atoms with Crippen LogP contribution in [0.25, 0.3) is 0 Å². The maximum absolute atomic E-state index is 12.5. The summed E-state index contributed by atoms with van der Waals surface area (Å²) in [5, 5.41) is 4.06. The lowest BCUT2D eigenvalue weighted by atomic mass is 10.0. The summed E-state index contributed by atoms with van der Waals surface area (Å²) in [6.07, 6.45) is 1.06. The molecule has 6 heteroatoms. The van der Waals surface area contributed by atoms with Gasteiger partial charge in [0.1, 0.15) is 10.8 Å². The molecule has 0 aromatic carbocycles. The second-order valence-electron chi connectivity index (χ2n) is 5.13. The van der Waals surface area contributed by atoms with E-state index in [4.69, 9.17) is 23.2 Å². The summed E-state index contributed by atoms with van der Waals surface area (Å²) in [4.78, 5) is 17.3. The van der Waals surface area contributed by atoms with Crippen LogP contribution >= 0.6 is 23.2 Å². The van der Waals surface area contributed by atoms with Gasteiger partial charge in [-0.3, -0.25) is 4.79 Å². The van der Waals surface area contributed by atoms with Crippen molar-refractivity contribution < 1.29 is 4.79 Å². The Labute approximate surface area is 116 Å². The molecule has 98 valence electrons. The molecule has 2 aliphatic rings. The predicted octanol–water partition coefficient (Wildman–Crippen LogP) is 2.14. The predicted molar refractivity (Wildman–Crippen MR) is 71.2 cm³/mol. The molecule has 2 aliphatic heterocycles. The zero-order chi connectivity index (χ0) is 12.9. The van der Waals surface area contributed by atoms with Crippen LogP contribution in [-0.2, 0) is 0 Å². The smallest absolute Gasteiger partial charge is 0.270 e. The molecule has 0 saturated carbocycles. The van der Waals surface area contributed by atoms with E-state index in [0.29, 0.717) is 27.8 Å². The van der Waals surface area contributed by atoms with E-state index in [-0.39, 0.29) is 11.9 Å². The Morgan fingerprint density at radius 3 is 2.89 bits per heavy atom. The van der Waals surface area contributed by atoms with Crippen molar-refractivity contribution in [2.45, 2.75) is 25.4 Å². The van der Waals surface area contributed by atoms with Crippen molar-refractivity contribution >= 4 is 29.1 Å². The van der Waals surface area contributed by atoms with E-state index >= 15 is 0 Å². The van der Waals surface area contributed by atoms with Gasteiger partial charge in [0.2, 0.25) is 0 Å². The molecule has 3 rings (SSSR count). The molecule has 2 N–H and O–H groups in total. The number of carbonyl (C=O) groups is 1. The topological polar surface area (TPSA) is 48.1 Å². The number of halogens is 2. The normalized spacial score (nSPS) is 30.8. The maximum Gasteiger partial charge on any atom is 0.270 e. The Kier molecular flexibility index (Phi) is 3.04. The van der Waals surface area contributed by atoms with E-state index in [2.05, 4.69) is 17.2 Å². The number of H-pyrrole nitrogens is 1. The number of hydrogen-bond acceptors (Lipinski definition) is 2. The highest BCUT2D eigenvalue weighted by Crippen LogP contribution is 2.34. The van der Waals surface area contributed by atoms with Crippen LogP contribution in [0.4, 0.5) is 0 Å². The van der Waals surface area contributed by atoms with Gasteiger partial charge in [-0.15, -0.1) is 0 Å². The van der Waals surface area contributed by atoms with Gasteiger partial charge in [-0.1, -0.05) is 23.2 Å². The molecule has 3 heterocycles. The van der Waals surface area contributed by atoms with Crippen LogP contribution in [0.3, 0.4) is 0 Å². The highest BCUT2D eigenvalue weighted by molar-refractivity contribution is 6.41. The average molecular weight is 288 g/mol. The van der Waals surface area contributed by atoms with E-state index in [0.717, 1.165) is 19.5 Å². The van der Waals surface area contributed by atoms with Crippen molar-refractivity contribution in [2.24, 2.45) is 5.92 Å². The number of aromatic amines is 1. The average Bonchev–Trinajstić information content (AvgIpc) is 2.94. The zero-order valence-electron chi connectivity index (χ0n) is 10.0. The molecule has 0 radical (unpaired) electrons. The first kappa shape index (κ1) is 12.3. The number of amides is 1. The molecule has 1 aromatic heterocycles. The van der Waals surface area contributed by atoms with Gasteiger partial charge in [-0.2, -0.15) is 0 Å². The van der Waals surface area contributed by atoms with E-state index in [9.17, 15) is 4.79 Å². The Morgan fingerprint density at radius 2 is 2.22 bits per heavy atom. The first-order chi connectivity index (χ1) is 8.58. The van der Waals surface area contributed by atoms with E-state index in [1.807, 2.05) is 4.90 Å². The molecule has 4 nitrogen and oxygen atoms in total.